The molecule has 0 N–H and O–H groups in total. The van der Waals surface area contributed by atoms with Gasteiger partial charge in [-0.2, -0.15) is 0 Å². The SMILES string of the molecule is CCCCCCCCCCOC(=O)C(Cl)(Cl)Cl.[Ru]. The predicted octanol–water partition coefficient (Wildman–Crippen LogP) is 5.04. The summed E-state index contributed by atoms with van der Waals surface area (Å²) in [5.74, 6) is -0.787. The molecule has 0 spiro atoms. The summed E-state index contributed by atoms with van der Waals surface area (Å²) in [5, 5.41) is 0. The zero-order chi connectivity index (χ0) is 13.1. The first-order valence-corrected chi connectivity index (χ1v) is 7.35. The zero-order valence-electron chi connectivity index (χ0n) is 10.7. The molecule has 0 atom stereocenters. The molecule has 18 heavy (non-hydrogen) atoms. The van der Waals surface area contributed by atoms with Crippen LogP contribution in [0, 0.1) is 0 Å². The molecule has 0 aliphatic rings. The summed E-state index contributed by atoms with van der Waals surface area (Å²) in [6.07, 6.45) is 9.52. The van der Waals surface area contributed by atoms with Gasteiger partial charge < -0.3 is 4.74 Å². The molecular weight excluding hydrogens is 384 g/mol. The molecule has 0 bridgehead atoms. The third-order valence-corrected chi connectivity index (χ3v) is 2.93. The minimum atomic E-state index is -1.94. The van der Waals surface area contributed by atoms with Crippen molar-refractivity contribution in [1.82, 2.24) is 0 Å². The number of esters is 1. The summed E-state index contributed by atoms with van der Waals surface area (Å²) in [6, 6.07) is 0. The van der Waals surface area contributed by atoms with E-state index in [0.29, 0.717) is 6.61 Å². The van der Waals surface area contributed by atoms with E-state index >= 15 is 0 Å². The first-order valence-electron chi connectivity index (χ1n) is 6.22. The van der Waals surface area contributed by atoms with E-state index in [2.05, 4.69) is 6.92 Å². The second-order valence-electron chi connectivity index (χ2n) is 4.11. The van der Waals surface area contributed by atoms with Crippen LogP contribution in [-0.2, 0) is 29.0 Å². The molecule has 0 radical (unpaired) electrons. The molecule has 0 aliphatic heterocycles. The summed E-state index contributed by atoms with van der Waals surface area (Å²) in [5.41, 5.74) is 0. The molecule has 0 aromatic carbocycles. The van der Waals surface area contributed by atoms with E-state index < -0.39 is 9.76 Å². The van der Waals surface area contributed by atoms with Gasteiger partial charge in [0.25, 0.3) is 3.79 Å². The Balaban J connectivity index is 0. The van der Waals surface area contributed by atoms with Gasteiger partial charge in [0.2, 0.25) is 0 Å². The predicted molar refractivity (Wildman–Crippen MR) is 73.9 cm³/mol. The molecule has 2 nitrogen and oxygen atoms in total. The number of hydrogen-bond donors (Lipinski definition) is 0. The first kappa shape index (κ1) is 21.3. The van der Waals surface area contributed by atoms with Crippen molar-refractivity contribution in [2.24, 2.45) is 0 Å². The number of ether oxygens (including phenoxy) is 1. The molecule has 0 saturated carbocycles. The fourth-order valence-electron chi connectivity index (χ4n) is 1.48. The first-order chi connectivity index (χ1) is 7.98. The Bertz CT molecular complexity index is 208. The third-order valence-electron chi connectivity index (χ3n) is 2.46. The van der Waals surface area contributed by atoms with Crippen molar-refractivity contribution in [2.75, 3.05) is 6.61 Å². The van der Waals surface area contributed by atoms with E-state index in [9.17, 15) is 4.79 Å². The number of carbonyl (C=O) groups excluding carboxylic acids is 1. The van der Waals surface area contributed by atoms with Gasteiger partial charge in [0.15, 0.2) is 0 Å². The van der Waals surface area contributed by atoms with Crippen LogP contribution in [0.1, 0.15) is 58.3 Å². The van der Waals surface area contributed by atoms with Crippen LogP contribution in [0.5, 0.6) is 0 Å². The maximum atomic E-state index is 11.1. The Kier molecular flexibility index (Phi) is 15.3. The van der Waals surface area contributed by atoms with Gasteiger partial charge >= 0.3 is 5.97 Å². The smallest absolute Gasteiger partial charge is 0.358 e. The third kappa shape index (κ3) is 13.4. The summed E-state index contributed by atoms with van der Waals surface area (Å²) in [6.45, 7) is 2.54. The maximum Gasteiger partial charge on any atom is 0.358 e. The van der Waals surface area contributed by atoms with Crippen LogP contribution in [-0.4, -0.2) is 16.4 Å². The van der Waals surface area contributed by atoms with Gasteiger partial charge in [0.05, 0.1) is 6.61 Å². The van der Waals surface area contributed by atoms with Crippen LogP contribution in [0.25, 0.3) is 0 Å². The Morgan fingerprint density at radius 1 is 0.944 bits per heavy atom. The van der Waals surface area contributed by atoms with E-state index in [1.165, 1.54) is 38.5 Å². The van der Waals surface area contributed by atoms with E-state index in [-0.39, 0.29) is 19.5 Å². The molecule has 0 rings (SSSR count). The number of unbranched alkanes of at least 4 members (excludes halogenated alkanes) is 7. The molecule has 6 heteroatoms. The number of carbonyl (C=O) groups is 1. The zero-order valence-corrected chi connectivity index (χ0v) is 14.7. The van der Waals surface area contributed by atoms with E-state index in [0.717, 1.165) is 12.8 Å². The summed E-state index contributed by atoms with van der Waals surface area (Å²) >= 11 is 16.1. The van der Waals surface area contributed by atoms with Crippen LogP contribution in [0.2, 0.25) is 0 Å². The fourth-order valence-corrected chi connectivity index (χ4v) is 1.65. The quantitative estimate of drug-likeness (QED) is 0.233. The normalized spacial score (nSPS) is 10.9. The van der Waals surface area contributed by atoms with Gasteiger partial charge in [0.1, 0.15) is 0 Å². The van der Waals surface area contributed by atoms with Crippen molar-refractivity contribution in [1.29, 1.82) is 0 Å². The van der Waals surface area contributed by atoms with E-state index in [4.69, 9.17) is 39.5 Å². The topological polar surface area (TPSA) is 26.3 Å². The average molecular weight is 405 g/mol. The number of alkyl halides is 3. The Morgan fingerprint density at radius 3 is 1.83 bits per heavy atom. The minimum Gasteiger partial charge on any atom is -0.463 e. The van der Waals surface area contributed by atoms with Gasteiger partial charge in [0, 0.05) is 19.5 Å². The molecule has 110 valence electrons. The molecule has 0 aliphatic carbocycles. The van der Waals surface area contributed by atoms with Gasteiger partial charge in [-0.1, -0.05) is 86.7 Å². The minimum absolute atomic E-state index is 0. The van der Waals surface area contributed by atoms with Crippen molar-refractivity contribution < 1.29 is 29.0 Å². The van der Waals surface area contributed by atoms with Gasteiger partial charge in [-0.15, -0.1) is 0 Å². The monoisotopic (exact) mass is 404 g/mol. The average Bonchev–Trinajstić information content (AvgIpc) is 2.25. The van der Waals surface area contributed by atoms with Gasteiger partial charge in [-0.3, -0.25) is 0 Å². The van der Waals surface area contributed by atoms with E-state index in [1.54, 1.807) is 0 Å². The second-order valence-corrected chi connectivity index (χ2v) is 6.39. The molecule has 0 fully saturated rings. The number of hydrogen-bond acceptors (Lipinski definition) is 2. The van der Waals surface area contributed by atoms with E-state index in [1.807, 2.05) is 0 Å². The number of rotatable bonds is 9. The molecule has 0 aromatic rings. The van der Waals surface area contributed by atoms with Crippen molar-refractivity contribution in [2.45, 2.75) is 62.1 Å². The van der Waals surface area contributed by atoms with Crippen LogP contribution >= 0.6 is 34.8 Å². The fraction of sp³-hybridized carbons (Fsp3) is 0.917. The van der Waals surface area contributed by atoms with Gasteiger partial charge in [-0.25, -0.2) is 4.79 Å². The van der Waals surface area contributed by atoms with Crippen molar-refractivity contribution in [3.8, 4) is 0 Å². The van der Waals surface area contributed by atoms with Crippen molar-refractivity contribution in [3.05, 3.63) is 0 Å². The molecule has 0 amide bonds. The van der Waals surface area contributed by atoms with Crippen LogP contribution in [0.15, 0.2) is 0 Å². The molecule has 0 saturated heterocycles. The Hall–Kier alpha value is 0.963. The second kappa shape index (κ2) is 13.0. The number of halogens is 3. The Morgan fingerprint density at radius 2 is 1.39 bits per heavy atom. The Labute approximate surface area is 138 Å². The summed E-state index contributed by atoms with van der Waals surface area (Å²) in [4.78, 5) is 11.1. The molecule has 0 aromatic heterocycles. The van der Waals surface area contributed by atoms with Crippen LogP contribution < -0.4 is 0 Å². The van der Waals surface area contributed by atoms with Crippen molar-refractivity contribution in [3.63, 3.8) is 0 Å². The van der Waals surface area contributed by atoms with Gasteiger partial charge in [-0.05, 0) is 6.42 Å². The van der Waals surface area contributed by atoms with Crippen molar-refractivity contribution >= 4 is 40.8 Å². The van der Waals surface area contributed by atoms with Crippen LogP contribution in [0.4, 0.5) is 0 Å². The largest absolute Gasteiger partial charge is 0.463 e. The standard InChI is InChI=1S/C12H21Cl3O2.Ru/c1-2-3-4-5-6-7-8-9-10-17-11(16)12(13,14)15;/h2-10H2,1H3;. The summed E-state index contributed by atoms with van der Waals surface area (Å²) in [7, 11) is 0. The van der Waals surface area contributed by atoms with Crippen LogP contribution in [0.3, 0.4) is 0 Å². The molecule has 0 unspecified atom stereocenters. The summed E-state index contributed by atoms with van der Waals surface area (Å²) < 4.78 is 2.87. The molecular formula is C12H21Cl3O2Ru. The maximum absolute atomic E-state index is 11.1. The molecule has 0 heterocycles.